The van der Waals surface area contributed by atoms with Crippen molar-refractivity contribution in [2.75, 3.05) is 12.4 Å². The van der Waals surface area contributed by atoms with Gasteiger partial charge in [0.25, 0.3) is 0 Å². The third kappa shape index (κ3) is 4.03. The van der Waals surface area contributed by atoms with E-state index < -0.39 is 17.6 Å². The van der Waals surface area contributed by atoms with Crippen LogP contribution in [-0.4, -0.2) is 47.1 Å². The van der Waals surface area contributed by atoms with E-state index in [1.807, 2.05) is 20.8 Å². The Hall–Kier alpha value is -2.82. The van der Waals surface area contributed by atoms with Crippen LogP contribution < -0.4 is 10.1 Å². The smallest absolute Gasteiger partial charge is 0.348 e. The van der Waals surface area contributed by atoms with Gasteiger partial charge in [0.2, 0.25) is 0 Å². The third-order valence-corrected chi connectivity index (χ3v) is 7.08. The zero-order chi connectivity index (χ0) is 23.3. The molecule has 10 heteroatoms. The summed E-state index contributed by atoms with van der Waals surface area (Å²) in [6.45, 7) is 5.58. The van der Waals surface area contributed by atoms with Crippen molar-refractivity contribution in [3.05, 3.63) is 40.8 Å². The number of benzene rings is 1. The average Bonchev–Trinajstić information content (AvgIpc) is 3.40. The highest BCUT2D eigenvalue weighted by Crippen LogP contribution is 2.42. The molecule has 3 unspecified atom stereocenters. The van der Waals surface area contributed by atoms with Gasteiger partial charge in [-0.15, -0.1) is 11.3 Å². The molecular weight excluding hydrogens is 449 g/mol. The van der Waals surface area contributed by atoms with Crippen LogP contribution in [0.1, 0.15) is 41.9 Å². The molecular formula is C23H24FN3O5S. The zero-order valence-corrected chi connectivity index (χ0v) is 19.5. The predicted molar refractivity (Wildman–Crippen MR) is 121 cm³/mol. The van der Waals surface area contributed by atoms with Gasteiger partial charge in [0.15, 0.2) is 5.79 Å². The number of hydrogen-bond donors (Lipinski definition) is 1. The normalized spacial score (nSPS) is 23.5. The van der Waals surface area contributed by atoms with Gasteiger partial charge in [-0.1, -0.05) is 0 Å². The number of rotatable bonds is 5. The van der Waals surface area contributed by atoms with Crippen molar-refractivity contribution >= 4 is 39.0 Å². The molecule has 0 bridgehead atoms. The second kappa shape index (κ2) is 8.19. The Labute approximate surface area is 194 Å². The highest BCUT2D eigenvalue weighted by Gasteiger charge is 2.50. The molecule has 3 heterocycles. The molecule has 8 nitrogen and oxygen atoms in total. The number of nitrogens with zero attached hydrogens (tertiary/aromatic N) is 2. The van der Waals surface area contributed by atoms with E-state index in [2.05, 4.69) is 15.3 Å². The first kappa shape index (κ1) is 22.0. The van der Waals surface area contributed by atoms with Gasteiger partial charge in [0, 0.05) is 6.07 Å². The summed E-state index contributed by atoms with van der Waals surface area (Å²) in [5.41, 5.74) is 1.26. The van der Waals surface area contributed by atoms with Crippen molar-refractivity contribution in [2.45, 2.75) is 57.7 Å². The minimum absolute atomic E-state index is 0.0401. The number of nitrogens with one attached hydrogen (secondary N) is 1. The number of anilines is 2. The minimum atomic E-state index is -0.666. The first-order valence-corrected chi connectivity index (χ1v) is 11.5. The molecule has 2 fully saturated rings. The van der Waals surface area contributed by atoms with Gasteiger partial charge in [-0.05, 0) is 51.3 Å². The molecule has 0 radical (unpaired) electrons. The summed E-state index contributed by atoms with van der Waals surface area (Å²) in [6.07, 6.45) is 2.45. The molecule has 1 aliphatic carbocycles. The summed E-state index contributed by atoms with van der Waals surface area (Å²) in [5, 5.41) is 3.95. The lowest BCUT2D eigenvalue weighted by Gasteiger charge is -2.24. The summed E-state index contributed by atoms with van der Waals surface area (Å²) in [5.74, 6) is -0.667. The molecule has 3 aromatic rings. The Morgan fingerprint density at radius 3 is 2.88 bits per heavy atom. The van der Waals surface area contributed by atoms with E-state index in [9.17, 15) is 9.18 Å². The fraction of sp³-hybridized carbons (Fsp3) is 0.435. The molecule has 5 rings (SSSR count). The maximum atomic E-state index is 14.2. The van der Waals surface area contributed by atoms with Crippen LogP contribution in [0, 0.1) is 12.7 Å². The van der Waals surface area contributed by atoms with E-state index in [0.29, 0.717) is 37.9 Å². The van der Waals surface area contributed by atoms with Crippen LogP contribution in [0.15, 0.2) is 24.5 Å². The number of aromatic nitrogens is 2. The number of esters is 1. The summed E-state index contributed by atoms with van der Waals surface area (Å²) in [4.78, 5) is 21.9. The van der Waals surface area contributed by atoms with Crippen molar-refractivity contribution in [3.63, 3.8) is 0 Å². The van der Waals surface area contributed by atoms with Gasteiger partial charge in [-0.3, -0.25) is 0 Å². The van der Waals surface area contributed by atoms with Gasteiger partial charge in [-0.25, -0.2) is 19.2 Å². The summed E-state index contributed by atoms with van der Waals surface area (Å²) in [7, 11) is 1.34. The molecule has 0 amide bonds. The lowest BCUT2D eigenvalue weighted by molar-refractivity contribution is -0.159. The average molecular weight is 474 g/mol. The van der Waals surface area contributed by atoms with Crippen LogP contribution in [0.2, 0.25) is 0 Å². The lowest BCUT2D eigenvalue weighted by Crippen LogP contribution is -2.33. The van der Waals surface area contributed by atoms with E-state index in [1.54, 1.807) is 6.07 Å². The van der Waals surface area contributed by atoms with Gasteiger partial charge >= 0.3 is 5.97 Å². The number of halogens is 1. The highest BCUT2D eigenvalue weighted by molar-refractivity contribution is 7.20. The highest BCUT2D eigenvalue weighted by atomic mass is 32.1. The number of hydrogen-bond acceptors (Lipinski definition) is 9. The van der Waals surface area contributed by atoms with Crippen LogP contribution in [0.25, 0.3) is 10.2 Å². The Kier molecular flexibility index (Phi) is 5.46. The summed E-state index contributed by atoms with van der Waals surface area (Å²) < 4.78 is 37.3. The standard InChI is InChI=1S/C23H24FN3O5S/c1-11-17-20(25-10-26-21(17)33-19(11)22(28)29-4)27-13-6-5-12(24)9-16(13)30-14-7-8-15-18(14)32-23(2,3)31-15/h5-6,9-10,14-15,18H,7-8H2,1-4H3,(H,25,26,27). The monoisotopic (exact) mass is 473 g/mol. The topological polar surface area (TPSA) is 91.8 Å². The molecule has 3 atom stereocenters. The number of fused-ring (bicyclic) bond motifs is 2. The van der Waals surface area contributed by atoms with Crippen molar-refractivity contribution in [2.24, 2.45) is 0 Å². The van der Waals surface area contributed by atoms with Gasteiger partial charge in [0.05, 0.1) is 24.3 Å². The lowest BCUT2D eigenvalue weighted by atomic mass is 10.2. The molecule has 1 saturated heterocycles. The Balaban J connectivity index is 1.46. The molecule has 1 saturated carbocycles. The molecule has 174 valence electrons. The fourth-order valence-corrected chi connectivity index (χ4v) is 5.53. The SMILES string of the molecule is COC(=O)c1sc2ncnc(Nc3ccc(F)cc3OC3CCC4OC(C)(C)OC34)c2c1C. The number of ether oxygens (including phenoxy) is 4. The predicted octanol–water partition coefficient (Wildman–Crippen LogP) is 4.73. The molecule has 1 aliphatic heterocycles. The first-order valence-electron chi connectivity index (χ1n) is 10.7. The second-order valence-electron chi connectivity index (χ2n) is 8.59. The summed E-state index contributed by atoms with van der Waals surface area (Å²) in [6, 6.07) is 4.29. The molecule has 33 heavy (non-hydrogen) atoms. The maximum absolute atomic E-state index is 14.2. The maximum Gasteiger partial charge on any atom is 0.348 e. The zero-order valence-electron chi connectivity index (χ0n) is 18.7. The van der Waals surface area contributed by atoms with Crippen molar-refractivity contribution < 1.29 is 28.1 Å². The second-order valence-corrected chi connectivity index (χ2v) is 9.59. The van der Waals surface area contributed by atoms with Gasteiger partial charge < -0.3 is 24.3 Å². The number of carbonyl (C=O) groups excluding carboxylic acids is 1. The Morgan fingerprint density at radius 1 is 1.27 bits per heavy atom. The van der Waals surface area contributed by atoms with E-state index in [4.69, 9.17) is 18.9 Å². The number of thiophene rings is 1. The molecule has 2 aromatic heterocycles. The van der Waals surface area contributed by atoms with Crippen molar-refractivity contribution in [3.8, 4) is 5.75 Å². The van der Waals surface area contributed by atoms with Crippen LogP contribution in [0.4, 0.5) is 15.9 Å². The van der Waals surface area contributed by atoms with Crippen LogP contribution >= 0.6 is 11.3 Å². The van der Waals surface area contributed by atoms with E-state index in [-0.39, 0.29) is 18.3 Å². The molecule has 1 aromatic carbocycles. The molecule has 0 spiro atoms. The third-order valence-electron chi connectivity index (χ3n) is 5.90. The summed E-state index contributed by atoms with van der Waals surface area (Å²) >= 11 is 1.24. The van der Waals surface area contributed by atoms with E-state index in [1.165, 1.54) is 36.9 Å². The van der Waals surface area contributed by atoms with Crippen molar-refractivity contribution in [1.82, 2.24) is 9.97 Å². The number of aryl methyl sites for hydroxylation is 1. The Morgan fingerprint density at radius 2 is 2.09 bits per heavy atom. The van der Waals surface area contributed by atoms with Crippen LogP contribution in [0.5, 0.6) is 5.75 Å². The van der Waals surface area contributed by atoms with Crippen molar-refractivity contribution in [1.29, 1.82) is 0 Å². The number of carbonyl (C=O) groups is 1. The van der Waals surface area contributed by atoms with E-state index in [0.717, 1.165) is 12.8 Å². The number of methoxy groups -OCH3 is 1. The van der Waals surface area contributed by atoms with Gasteiger partial charge in [-0.2, -0.15) is 0 Å². The molecule has 1 N–H and O–H groups in total. The largest absolute Gasteiger partial charge is 0.485 e. The first-order chi connectivity index (χ1) is 15.8. The Bertz CT molecular complexity index is 1230. The minimum Gasteiger partial charge on any atom is -0.485 e. The fourth-order valence-electron chi connectivity index (χ4n) is 4.46. The quantitative estimate of drug-likeness (QED) is 0.532. The van der Waals surface area contributed by atoms with Crippen LogP contribution in [0.3, 0.4) is 0 Å². The van der Waals surface area contributed by atoms with Gasteiger partial charge in [0.1, 0.15) is 45.6 Å². The van der Waals surface area contributed by atoms with E-state index >= 15 is 0 Å². The molecule has 2 aliphatic rings. The van der Waals surface area contributed by atoms with Crippen LogP contribution in [-0.2, 0) is 14.2 Å².